The maximum atomic E-state index is 12.5. The second-order valence-corrected chi connectivity index (χ2v) is 7.10. The third-order valence-corrected chi connectivity index (χ3v) is 5.21. The lowest BCUT2D eigenvalue weighted by molar-refractivity contribution is -0.159. The van der Waals surface area contributed by atoms with Crippen LogP contribution in [0.3, 0.4) is 0 Å². The number of hydrogen-bond donors (Lipinski definition) is 1. The molecule has 0 bridgehead atoms. The predicted octanol–water partition coefficient (Wildman–Crippen LogP) is 1.29. The van der Waals surface area contributed by atoms with E-state index in [0.717, 1.165) is 4.90 Å². The lowest BCUT2D eigenvalue weighted by atomic mass is 9.85. The van der Waals surface area contributed by atoms with Gasteiger partial charge in [0.25, 0.3) is 5.91 Å². The molecule has 0 radical (unpaired) electrons. The first-order valence-corrected chi connectivity index (χ1v) is 9.50. The Bertz CT molecular complexity index is 880. The van der Waals surface area contributed by atoms with E-state index in [1.165, 1.54) is 38.3 Å². The van der Waals surface area contributed by atoms with Crippen LogP contribution in [0.5, 0.6) is 0 Å². The minimum atomic E-state index is -1.11. The summed E-state index contributed by atoms with van der Waals surface area (Å²) < 4.78 is 9.59. The van der Waals surface area contributed by atoms with Gasteiger partial charge in [-0.1, -0.05) is 12.2 Å². The zero-order valence-electron chi connectivity index (χ0n) is 16.6. The molecule has 3 rings (SSSR count). The van der Waals surface area contributed by atoms with Gasteiger partial charge in [0.2, 0.25) is 11.8 Å². The molecular formula is C21H22N2O7. The third-order valence-electron chi connectivity index (χ3n) is 5.21. The van der Waals surface area contributed by atoms with Crippen molar-refractivity contribution in [3.8, 4) is 0 Å². The smallest absolute Gasteiger partial charge is 0.337 e. The van der Waals surface area contributed by atoms with Crippen LogP contribution >= 0.6 is 0 Å². The predicted molar refractivity (Wildman–Crippen MR) is 104 cm³/mol. The van der Waals surface area contributed by atoms with Crippen molar-refractivity contribution in [2.75, 3.05) is 19.0 Å². The van der Waals surface area contributed by atoms with E-state index in [9.17, 15) is 24.0 Å². The topological polar surface area (TPSA) is 119 Å². The Labute approximate surface area is 173 Å². The number of methoxy groups -OCH3 is 1. The summed E-state index contributed by atoms with van der Waals surface area (Å²) in [5, 5.41) is 2.52. The molecule has 1 aliphatic heterocycles. The summed E-state index contributed by atoms with van der Waals surface area (Å²) in [5.74, 6) is -3.57. The zero-order chi connectivity index (χ0) is 21.8. The fourth-order valence-corrected chi connectivity index (χ4v) is 3.57. The number of amides is 3. The van der Waals surface area contributed by atoms with Crippen molar-refractivity contribution in [1.29, 1.82) is 0 Å². The molecule has 0 spiro atoms. The molecule has 0 saturated carbocycles. The highest BCUT2D eigenvalue weighted by Crippen LogP contribution is 2.36. The van der Waals surface area contributed by atoms with Gasteiger partial charge in [-0.25, -0.2) is 9.59 Å². The second kappa shape index (κ2) is 8.89. The summed E-state index contributed by atoms with van der Waals surface area (Å²) in [6.45, 7) is 0.832. The molecule has 1 heterocycles. The molecule has 9 heteroatoms. The van der Waals surface area contributed by atoms with Crippen LogP contribution < -0.4 is 5.32 Å². The molecule has 158 valence electrons. The lowest BCUT2D eigenvalue weighted by Gasteiger charge is -2.21. The van der Waals surface area contributed by atoms with Crippen molar-refractivity contribution in [2.24, 2.45) is 11.8 Å². The maximum Gasteiger partial charge on any atom is 0.337 e. The number of hydrogen-bond acceptors (Lipinski definition) is 7. The van der Waals surface area contributed by atoms with E-state index in [0.29, 0.717) is 24.1 Å². The number of nitrogens with zero attached hydrogens (tertiary/aromatic N) is 1. The quantitative estimate of drug-likeness (QED) is 0.423. The van der Waals surface area contributed by atoms with Crippen molar-refractivity contribution in [2.45, 2.75) is 25.8 Å². The molecule has 3 atom stereocenters. The number of rotatable bonds is 6. The molecule has 1 aromatic rings. The van der Waals surface area contributed by atoms with Gasteiger partial charge in [0, 0.05) is 5.69 Å². The van der Waals surface area contributed by atoms with Gasteiger partial charge in [-0.15, -0.1) is 0 Å². The number of imide groups is 1. The molecule has 2 aliphatic rings. The van der Waals surface area contributed by atoms with Gasteiger partial charge in [0.1, 0.15) is 6.04 Å². The Morgan fingerprint density at radius 3 is 2.17 bits per heavy atom. The van der Waals surface area contributed by atoms with E-state index < -0.39 is 42.3 Å². The summed E-state index contributed by atoms with van der Waals surface area (Å²) in [7, 11) is 1.27. The third kappa shape index (κ3) is 4.24. The van der Waals surface area contributed by atoms with Gasteiger partial charge in [-0.3, -0.25) is 19.3 Å². The summed E-state index contributed by atoms with van der Waals surface area (Å²) in [6, 6.07) is 4.86. The highest BCUT2D eigenvalue weighted by atomic mass is 16.5. The molecular weight excluding hydrogens is 392 g/mol. The van der Waals surface area contributed by atoms with E-state index in [1.807, 2.05) is 12.2 Å². The van der Waals surface area contributed by atoms with E-state index in [-0.39, 0.29) is 11.8 Å². The van der Waals surface area contributed by atoms with Crippen LogP contribution in [-0.4, -0.2) is 54.3 Å². The summed E-state index contributed by atoms with van der Waals surface area (Å²) in [5.41, 5.74) is 0.727. The Kier molecular flexibility index (Phi) is 6.29. The molecule has 3 amide bonds. The second-order valence-electron chi connectivity index (χ2n) is 7.10. The van der Waals surface area contributed by atoms with Crippen LogP contribution in [0, 0.1) is 11.8 Å². The molecule has 1 saturated heterocycles. The molecule has 30 heavy (non-hydrogen) atoms. The average Bonchev–Trinajstić information content (AvgIpc) is 3.02. The number of allylic oxidation sites excluding steroid dienone is 2. The van der Waals surface area contributed by atoms with Crippen LogP contribution in [0.2, 0.25) is 0 Å². The molecule has 1 aromatic carbocycles. The van der Waals surface area contributed by atoms with Crippen LogP contribution in [-0.2, 0) is 28.7 Å². The van der Waals surface area contributed by atoms with E-state index in [4.69, 9.17) is 4.74 Å². The van der Waals surface area contributed by atoms with Crippen molar-refractivity contribution >= 4 is 35.3 Å². The number of likely N-dealkylation sites (tertiary alicyclic amines) is 1. The van der Waals surface area contributed by atoms with Gasteiger partial charge in [0.05, 0.1) is 24.5 Å². The standard InChI is InChI=1S/C21H22N2O7/c1-12(23-18(25)15-5-3-4-6-16(15)19(23)26)20(27)30-11-17(24)22-14-9-7-13(8-10-14)21(28)29-2/h3-4,7-10,12,15-16H,5-6,11H2,1-2H3,(H,22,24)/t12-,15+,16+/m0/s1. The van der Waals surface area contributed by atoms with Gasteiger partial charge in [-0.2, -0.15) is 0 Å². The number of nitrogens with one attached hydrogen (secondary N) is 1. The number of fused-ring (bicyclic) bond motifs is 1. The number of esters is 2. The Morgan fingerprint density at radius 1 is 1.07 bits per heavy atom. The fraction of sp³-hybridized carbons (Fsp3) is 0.381. The monoisotopic (exact) mass is 414 g/mol. The SMILES string of the molecule is COC(=O)c1ccc(NC(=O)COC(=O)[C@H](C)N2C(=O)[C@@H]3CC=CC[C@H]3C2=O)cc1. The van der Waals surface area contributed by atoms with Crippen molar-refractivity contribution in [3.05, 3.63) is 42.0 Å². The van der Waals surface area contributed by atoms with E-state index in [1.54, 1.807) is 0 Å². The molecule has 0 aromatic heterocycles. The van der Waals surface area contributed by atoms with E-state index in [2.05, 4.69) is 10.1 Å². The number of anilines is 1. The van der Waals surface area contributed by atoms with E-state index >= 15 is 0 Å². The number of carbonyl (C=O) groups is 5. The Morgan fingerprint density at radius 2 is 1.63 bits per heavy atom. The number of carbonyl (C=O) groups excluding carboxylic acids is 5. The van der Waals surface area contributed by atoms with Crippen LogP contribution in [0.15, 0.2) is 36.4 Å². The molecule has 1 fully saturated rings. The fourth-order valence-electron chi connectivity index (χ4n) is 3.57. The van der Waals surface area contributed by atoms with Crippen LogP contribution in [0.25, 0.3) is 0 Å². The van der Waals surface area contributed by atoms with Crippen LogP contribution in [0.4, 0.5) is 5.69 Å². The lowest BCUT2D eigenvalue weighted by Crippen LogP contribution is -2.45. The van der Waals surface area contributed by atoms with Gasteiger partial charge in [-0.05, 0) is 44.0 Å². The average molecular weight is 414 g/mol. The first-order valence-electron chi connectivity index (χ1n) is 9.50. The number of benzene rings is 1. The summed E-state index contributed by atoms with van der Waals surface area (Å²) in [4.78, 5) is 61.8. The molecule has 9 nitrogen and oxygen atoms in total. The van der Waals surface area contributed by atoms with Crippen LogP contribution in [0.1, 0.15) is 30.1 Å². The molecule has 0 unspecified atom stereocenters. The van der Waals surface area contributed by atoms with Crippen molar-refractivity contribution in [1.82, 2.24) is 4.90 Å². The largest absolute Gasteiger partial charge is 0.465 e. The van der Waals surface area contributed by atoms with Gasteiger partial charge < -0.3 is 14.8 Å². The highest BCUT2D eigenvalue weighted by Gasteiger charge is 2.50. The Hall–Kier alpha value is -3.49. The normalized spacial score (nSPS) is 21.1. The molecule has 1 N–H and O–H groups in total. The number of ether oxygens (including phenoxy) is 2. The highest BCUT2D eigenvalue weighted by molar-refractivity contribution is 6.08. The maximum absolute atomic E-state index is 12.5. The van der Waals surface area contributed by atoms with Crippen molar-refractivity contribution in [3.63, 3.8) is 0 Å². The minimum Gasteiger partial charge on any atom is -0.465 e. The van der Waals surface area contributed by atoms with Gasteiger partial charge >= 0.3 is 11.9 Å². The first kappa shape index (κ1) is 21.2. The zero-order valence-corrected chi connectivity index (χ0v) is 16.6. The van der Waals surface area contributed by atoms with Crippen molar-refractivity contribution < 1.29 is 33.4 Å². The minimum absolute atomic E-state index is 0.325. The Balaban J connectivity index is 1.52. The molecule has 1 aliphatic carbocycles. The first-order chi connectivity index (χ1) is 14.3. The summed E-state index contributed by atoms with van der Waals surface area (Å²) >= 11 is 0. The summed E-state index contributed by atoms with van der Waals surface area (Å²) in [6.07, 6.45) is 4.68. The van der Waals surface area contributed by atoms with Gasteiger partial charge in [0.15, 0.2) is 6.61 Å².